The lowest BCUT2D eigenvalue weighted by Gasteiger charge is -2.38. The number of aromatic nitrogens is 1. The number of amides is 1. The molecule has 1 aliphatic rings. The number of pyridine rings is 1. The van der Waals surface area contributed by atoms with Crippen molar-refractivity contribution in [3.8, 4) is 11.6 Å². The molecule has 3 rings (SSSR count). The van der Waals surface area contributed by atoms with Crippen LogP contribution in [0.5, 0.6) is 11.6 Å². The molecular formula is C18H17F3N2O3. The Morgan fingerprint density at radius 3 is 2.54 bits per heavy atom. The van der Waals surface area contributed by atoms with Crippen LogP contribution in [-0.2, 0) is 11.0 Å². The van der Waals surface area contributed by atoms with E-state index < -0.39 is 11.9 Å². The molecule has 0 aliphatic carbocycles. The lowest BCUT2D eigenvalue weighted by molar-refractivity contribution is -0.143. The minimum Gasteiger partial charge on any atom is -0.484 e. The van der Waals surface area contributed by atoms with Gasteiger partial charge in [-0.25, -0.2) is 4.98 Å². The fraction of sp³-hybridized carbons (Fsp3) is 0.333. The van der Waals surface area contributed by atoms with E-state index >= 15 is 0 Å². The number of benzene rings is 1. The Balaban J connectivity index is 1.45. The van der Waals surface area contributed by atoms with Crippen LogP contribution < -0.4 is 9.47 Å². The highest BCUT2D eigenvalue weighted by atomic mass is 19.4. The lowest BCUT2D eigenvalue weighted by atomic mass is 10.1. The van der Waals surface area contributed by atoms with Crippen molar-refractivity contribution in [2.24, 2.45) is 0 Å². The number of halogens is 3. The second kappa shape index (κ2) is 7.23. The number of alkyl halides is 3. The Morgan fingerprint density at radius 1 is 1.19 bits per heavy atom. The van der Waals surface area contributed by atoms with Crippen molar-refractivity contribution in [3.63, 3.8) is 0 Å². The normalized spacial score (nSPS) is 14.7. The van der Waals surface area contributed by atoms with Crippen molar-refractivity contribution >= 4 is 5.91 Å². The number of aryl methyl sites for hydroxylation is 1. The third-order valence-corrected chi connectivity index (χ3v) is 3.89. The van der Waals surface area contributed by atoms with E-state index in [2.05, 4.69) is 4.98 Å². The van der Waals surface area contributed by atoms with Crippen LogP contribution in [0.2, 0.25) is 0 Å². The molecule has 0 atom stereocenters. The van der Waals surface area contributed by atoms with E-state index in [1.54, 1.807) is 12.1 Å². The standard InChI is InChI=1S/C18H17F3N2O3/c1-12-5-7-13(8-6-12)25-11-17(24)23-9-14(10-23)26-16-4-2-3-15(22-16)18(19,20)21/h2-8,14H,9-11H2,1H3. The van der Waals surface area contributed by atoms with Gasteiger partial charge in [0.15, 0.2) is 6.61 Å². The van der Waals surface area contributed by atoms with Crippen LogP contribution in [-0.4, -0.2) is 41.6 Å². The fourth-order valence-corrected chi connectivity index (χ4v) is 2.40. The molecule has 1 aromatic carbocycles. The number of ether oxygens (including phenoxy) is 2. The second-order valence-corrected chi connectivity index (χ2v) is 6.00. The molecule has 1 amide bonds. The first-order valence-corrected chi connectivity index (χ1v) is 7.99. The van der Waals surface area contributed by atoms with E-state index in [0.717, 1.165) is 11.6 Å². The maximum absolute atomic E-state index is 12.6. The SMILES string of the molecule is Cc1ccc(OCC(=O)N2CC(Oc3cccc(C(F)(F)F)n3)C2)cc1. The summed E-state index contributed by atoms with van der Waals surface area (Å²) in [5.74, 6) is 0.292. The zero-order chi connectivity index (χ0) is 18.7. The van der Waals surface area contributed by atoms with Crippen molar-refractivity contribution in [1.82, 2.24) is 9.88 Å². The molecule has 0 radical (unpaired) electrons. The zero-order valence-electron chi connectivity index (χ0n) is 14.0. The van der Waals surface area contributed by atoms with Crippen molar-refractivity contribution in [1.29, 1.82) is 0 Å². The molecule has 0 spiro atoms. The van der Waals surface area contributed by atoms with Crippen LogP contribution in [0.1, 0.15) is 11.3 Å². The number of hydrogen-bond acceptors (Lipinski definition) is 4. The molecule has 138 valence electrons. The van der Waals surface area contributed by atoms with E-state index in [1.165, 1.54) is 17.0 Å². The Bertz CT molecular complexity index is 772. The molecule has 2 aromatic rings. The third-order valence-electron chi connectivity index (χ3n) is 3.89. The van der Waals surface area contributed by atoms with E-state index in [4.69, 9.17) is 9.47 Å². The number of hydrogen-bond donors (Lipinski definition) is 0. The third kappa shape index (κ3) is 4.44. The molecule has 0 saturated carbocycles. The average molecular weight is 366 g/mol. The fourth-order valence-electron chi connectivity index (χ4n) is 2.40. The van der Waals surface area contributed by atoms with Gasteiger partial charge in [0.1, 0.15) is 17.5 Å². The molecule has 26 heavy (non-hydrogen) atoms. The quantitative estimate of drug-likeness (QED) is 0.816. The van der Waals surface area contributed by atoms with E-state index in [1.807, 2.05) is 19.1 Å². The highest BCUT2D eigenvalue weighted by molar-refractivity contribution is 5.78. The molecule has 0 N–H and O–H groups in total. The topological polar surface area (TPSA) is 51.7 Å². The van der Waals surface area contributed by atoms with Crippen molar-refractivity contribution in [2.75, 3.05) is 19.7 Å². The molecule has 5 nitrogen and oxygen atoms in total. The molecule has 1 fully saturated rings. The van der Waals surface area contributed by atoms with E-state index in [0.29, 0.717) is 5.75 Å². The maximum Gasteiger partial charge on any atom is 0.433 e. The summed E-state index contributed by atoms with van der Waals surface area (Å²) in [6.45, 7) is 2.42. The first-order chi connectivity index (χ1) is 12.3. The molecule has 1 saturated heterocycles. The summed E-state index contributed by atoms with van der Waals surface area (Å²) in [5, 5.41) is 0. The smallest absolute Gasteiger partial charge is 0.433 e. The van der Waals surface area contributed by atoms with Gasteiger partial charge in [-0.15, -0.1) is 0 Å². The number of carbonyl (C=O) groups excluding carboxylic acids is 1. The summed E-state index contributed by atoms with van der Waals surface area (Å²) in [6.07, 6.45) is -4.90. The Hall–Kier alpha value is -2.77. The average Bonchev–Trinajstić information content (AvgIpc) is 2.56. The predicted molar refractivity (Wildman–Crippen MR) is 86.9 cm³/mol. The Kier molecular flexibility index (Phi) is 5.01. The summed E-state index contributed by atoms with van der Waals surface area (Å²) in [6, 6.07) is 10.8. The summed E-state index contributed by atoms with van der Waals surface area (Å²) < 4.78 is 48.7. The van der Waals surface area contributed by atoms with E-state index in [9.17, 15) is 18.0 Å². The van der Waals surface area contributed by atoms with Gasteiger partial charge in [-0.1, -0.05) is 23.8 Å². The van der Waals surface area contributed by atoms with Gasteiger partial charge in [-0.05, 0) is 25.1 Å². The largest absolute Gasteiger partial charge is 0.484 e. The van der Waals surface area contributed by atoms with Crippen LogP contribution in [0, 0.1) is 6.92 Å². The van der Waals surface area contributed by atoms with E-state index in [-0.39, 0.29) is 37.6 Å². The highest BCUT2D eigenvalue weighted by Crippen LogP contribution is 2.29. The molecule has 1 aliphatic heterocycles. The summed E-state index contributed by atoms with van der Waals surface area (Å²) in [4.78, 5) is 17.0. The van der Waals surface area contributed by atoms with Crippen LogP contribution in [0.4, 0.5) is 13.2 Å². The first kappa shape index (κ1) is 18.0. The molecule has 2 heterocycles. The summed E-state index contributed by atoms with van der Waals surface area (Å²) in [5.41, 5.74) is 0.0864. The zero-order valence-corrected chi connectivity index (χ0v) is 14.0. The molecular weight excluding hydrogens is 349 g/mol. The number of likely N-dealkylation sites (tertiary alicyclic amines) is 1. The Morgan fingerprint density at radius 2 is 1.88 bits per heavy atom. The van der Waals surface area contributed by atoms with Crippen LogP contribution in [0.25, 0.3) is 0 Å². The van der Waals surface area contributed by atoms with Crippen LogP contribution in [0.15, 0.2) is 42.5 Å². The lowest BCUT2D eigenvalue weighted by Crippen LogP contribution is -2.57. The maximum atomic E-state index is 12.6. The first-order valence-electron chi connectivity index (χ1n) is 7.99. The van der Waals surface area contributed by atoms with Crippen molar-refractivity contribution < 1.29 is 27.4 Å². The van der Waals surface area contributed by atoms with Crippen molar-refractivity contribution in [3.05, 3.63) is 53.7 Å². The predicted octanol–water partition coefficient (Wildman–Crippen LogP) is 3.08. The van der Waals surface area contributed by atoms with Gasteiger partial charge in [-0.3, -0.25) is 4.79 Å². The molecule has 0 unspecified atom stereocenters. The van der Waals surface area contributed by atoms with Crippen LogP contribution >= 0.6 is 0 Å². The van der Waals surface area contributed by atoms with Crippen LogP contribution in [0.3, 0.4) is 0 Å². The summed E-state index contributed by atoms with van der Waals surface area (Å²) in [7, 11) is 0. The van der Waals surface area contributed by atoms with Crippen molar-refractivity contribution in [2.45, 2.75) is 19.2 Å². The second-order valence-electron chi connectivity index (χ2n) is 6.00. The summed E-state index contributed by atoms with van der Waals surface area (Å²) >= 11 is 0. The van der Waals surface area contributed by atoms with Gasteiger partial charge < -0.3 is 14.4 Å². The minimum atomic E-state index is -4.52. The van der Waals surface area contributed by atoms with Gasteiger partial charge >= 0.3 is 6.18 Å². The Labute approximate surface area is 148 Å². The van der Waals surface area contributed by atoms with Gasteiger partial charge in [-0.2, -0.15) is 13.2 Å². The molecule has 1 aromatic heterocycles. The number of carbonyl (C=O) groups is 1. The van der Waals surface area contributed by atoms with Gasteiger partial charge in [0, 0.05) is 6.07 Å². The monoisotopic (exact) mass is 366 g/mol. The molecule has 0 bridgehead atoms. The number of nitrogens with zero attached hydrogens (tertiary/aromatic N) is 2. The van der Waals surface area contributed by atoms with Gasteiger partial charge in [0.25, 0.3) is 5.91 Å². The number of rotatable bonds is 5. The van der Waals surface area contributed by atoms with Gasteiger partial charge in [0.2, 0.25) is 5.88 Å². The van der Waals surface area contributed by atoms with Gasteiger partial charge in [0.05, 0.1) is 13.1 Å². The highest BCUT2D eigenvalue weighted by Gasteiger charge is 2.35. The molecule has 8 heteroatoms. The minimum absolute atomic E-state index is 0.0996.